The van der Waals surface area contributed by atoms with Crippen LogP contribution >= 0.6 is 11.6 Å². The van der Waals surface area contributed by atoms with Crippen LogP contribution in [-0.4, -0.2) is 23.9 Å². The van der Waals surface area contributed by atoms with E-state index in [1.165, 1.54) is 24.3 Å². The van der Waals surface area contributed by atoms with Crippen LogP contribution in [0.1, 0.15) is 15.9 Å². The molecular weight excluding hydrogens is 455 g/mol. The number of hydrogen-bond donors (Lipinski definition) is 2. The van der Waals surface area contributed by atoms with Crippen LogP contribution in [0.5, 0.6) is 0 Å². The molecule has 3 aromatic carbocycles. The second kappa shape index (κ2) is 9.09. The first-order valence-corrected chi connectivity index (χ1v) is 10.2. The molecule has 4 rings (SSSR count). The van der Waals surface area contributed by atoms with Crippen molar-refractivity contribution < 1.29 is 22.8 Å². The molecule has 0 spiro atoms. The Morgan fingerprint density at radius 3 is 2.24 bits per heavy atom. The summed E-state index contributed by atoms with van der Waals surface area (Å²) in [4.78, 5) is 26.0. The Morgan fingerprint density at radius 1 is 0.909 bits per heavy atom. The second-order valence-electron chi connectivity index (χ2n) is 7.18. The molecule has 1 atom stereocenters. The fraction of sp³-hybridized carbons (Fsp3) is 0.0833. The lowest BCUT2D eigenvalue weighted by molar-refractivity contribution is -0.142. The van der Waals surface area contributed by atoms with E-state index < -0.39 is 18.1 Å². The van der Waals surface area contributed by atoms with Gasteiger partial charge in [0.05, 0.1) is 16.4 Å². The Kier molecular flexibility index (Phi) is 6.22. The summed E-state index contributed by atoms with van der Waals surface area (Å²) in [5, 5.41) is 3.73. The fourth-order valence-corrected chi connectivity index (χ4v) is 3.60. The minimum atomic E-state index is -4.64. The summed E-state index contributed by atoms with van der Waals surface area (Å²) in [7, 11) is 0. The number of halogens is 4. The van der Waals surface area contributed by atoms with Crippen LogP contribution in [-0.2, 0) is 4.79 Å². The van der Waals surface area contributed by atoms with E-state index in [9.17, 15) is 22.8 Å². The zero-order valence-corrected chi connectivity index (χ0v) is 17.7. The van der Waals surface area contributed by atoms with Crippen LogP contribution in [0.2, 0.25) is 5.02 Å². The van der Waals surface area contributed by atoms with Gasteiger partial charge in [0.2, 0.25) is 0 Å². The van der Waals surface area contributed by atoms with Gasteiger partial charge in [-0.05, 0) is 30.3 Å². The standard InChI is InChI=1S/C24H17ClF3N3O2/c25-17-11-5-7-13-19(17)31-20(14-21(30-31)24(26,27)28)23(33)29-18-12-6-4-10-16(18)22(32)15-8-2-1-3-9-15/h1-14,21,30H,(H,29,33). The maximum atomic E-state index is 13.4. The normalized spacial score (nSPS) is 15.8. The molecule has 1 unspecified atom stereocenters. The lowest BCUT2D eigenvalue weighted by Gasteiger charge is -2.25. The summed E-state index contributed by atoms with van der Waals surface area (Å²) in [5.74, 6) is -1.16. The minimum Gasteiger partial charge on any atom is -0.320 e. The number of nitrogens with one attached hydrogen (secondary N) is 2. The van der Waals surface area contributed by atoms with Crippen molar-refractivity contribution in [2.75, 3.05) is 10.3 Å². The zero-order valence-electron chi connectivity index (χ0n) is 16.9. The third-order valence-corrected chi connectivity index (χ3v) is 5.29. The minimum absolute atomic E-state index is 0.159. The summed E-state index contributed by atoms with van der Waals surface area (Å²) in [6, 6.07) is 18.9. The third kappa shape index (κ3) is 4.76. The summed E-state index contributed by atoms with van der Waals surface area (Å²) in [6.07, 6.45) is -3.86. The van der Waals surface area contributed by atoms with E-state index in [0.29, 0.717) is 5.56 Å². The van der Waals surface area contributed by atoms with Gasteiger partial charge in [0.1, 0.15) is 11.7 Å². The fourth-order valence-electron chi connectivity index (χ4n) is 3.38. The molecule has 1 aliphatic heterocycles. The number of carbonyl (C=O) groups is 2. The summed E-state index contributed by atoms with van der Waals surface area (Å²) in [5.41, 5.74) is 2.95. The first kappa shape index (κ1) is 22.6. The topological polar surface area (TPSA) is 61.4 Å². The van der Waals surface area contributed by atoms with E-state index in [4.69, 9.17) is 11.6 Å². The number of anilines is 2. The monoisotopic (exact) mass is 471 g/mol. The van der Waals surface area contributed by atoms with Gasteiger partial charge in [-0.15, -0.1) is 0 Å². The van der Waals surface area contributed by atoms with Crippen LogP contribution < -0.4 is 15.8 Å². The lowest BCUT2D eigenvalue weighted by atomic mass is 10.0. The van der Waals surface area contributed by atoms with Crippen molar-refractivity contribution in [3.8, 4) is 0 Å². The maximum absolute atomic E-state index is 13.4. The molecule has 33 heavy (non-hydrogen) atoms. The van der Waals surface area contributed by atoms with Crippen LogP contribution in [0.25, 0.3) is 0 Å². The molecule has 1 heterocycles. The first-order chi connectivity index (χ1) is 15.8. The lowest BCUT2D eigenvalue weighted by Crippen LogP contribution is -2.45. The van der Waals surface area contributed by atoms with Crippen LogP contribution in [0.4, 0.5) is 24.5 Å². The Hall–Kier alpha value is -3.62. The van der Waals surface area contributed by atoms with Crippen molar-refractivity contribution in [2.24, 2.45) is 0 Å². The zero-order chi connectivity index (χ0) is 23.6. The molecule has 0 fully saturated rings. The smallest absolute Gasteiger partial charge is 0.320 e. The van der Waals surface area contributed by atoms with E-state index in [2.05, 4.69) is 10.7 Å². The van der Waals surface area contributed by atoms with Gasteiger partial charge in [-0.3, -0.25) is 14.6 Å². The summed E-state index contributed by atoms with van der Waals surface area (Å²) >= 11 is 6.16. The van der Waals surface area contributed by atoms with Gasteiger partial charge in [-0.2, -0.15) is 13.2 Å². The molecule has 0 aliphatic carbocycles. The Labute approximate surface area is 192 Å². The predicted molar refractivity (Wildman–Crippen MR) is 120 cm³/mol. The van der Waals surface area contributed by atoms with Crippen LogP contribution in [0, 0.1) is 0 Å². The molecule has 1 aliphatic rings. The van der Waals surface area contributed by atoms with Gasteiger partial charge in [0.25, 0.3) is 5.91 Å². The predicted octanol–water partition coefficient (Wildman–Crippen LogP) is 5.35. The van der Waals surface area contributed by atoms with Gasteiger partial charge in [-0.1, -0.05) is 66.2 Å². The highest BCUT2D eigenvalue weighted by molar-refractivity contribution is 6.33. The molecule has 0 aromatic heterocycles. The number of para-hydroxylation sites is 2. The summed E-state index contributed by atoms with van der Waals surface area (Å²) in [6.45, 7) is 0. The number of amides is 1. The number of ketones is 1. The van der Waals surface area contributed by atoms with Crippen molar-refractivity contribution >= 4 is 34.7 Å². The summed E-state index contributed by atoms with van der Waals surface area (Å²) < 4.78 is 40.3. The van der Waals surface area contributed by atoms with Gasteiger partial charge < -0.3 is 5.32 Å². The quantitative estimate of drug-likeness (QED) is 0.492. The van der Waals surface area contributed by atoms with Crippen molar-refractivity contribution in [1.82, 2.24) is 5.43 Å². The Balaban J connectivity index is 1.67. The largest absolute Gasteiger partial charge is 0.409 e. The van der Waals surface area contributed by atoms with Crippen molar-refractivity contribution in [3.63, 3.8) is 0 Å². The number of hydrazine groups is 1. The molecule has 5 nitrogen and oxygen atoms in total. The first-order valence-electron chi connectivity index (χ1n) is 9.85. The van der Waals surface area contributed by atoms with Crippen LogP contribution in [0.15, 0.2) is 90.6 Å². The molecule has 1 amide bonds. The third-order valence-electron chi connectivity index (χ3n) is 4.97. The average Bonchev–Trinajstić information content (AvgIpc) is 3.26. The SMILES string of the molecule is O=C(Nc1ccccc1C(=O)c1ccccc1)C1=CC(C(F)(F)F)NN1c1ccccc1Cl. The van der Waals surface area contributed by atoms with Gasteiger partial charge >= 0.3 is 6.18 Å². The van der Waals surface area contributed by atoms with E-state index in [1.54, 1.807) is 54.6 Å². The number of alkyl halides is 3. The van der Waals surface area contributed by atoms with Gasteiger partial charge in [0.15, 0.2) is 5.78 Å². The Morgan fingerprint density at radius 2 is 1.55 bits per heavy atom. The highest BCUT2D eigenvalue weighted by Gasteiger charge is 2.45. The molecule has 0 saturated carbocycles. The average molecular weight is 472 g/mol. The van der Waals surface area contributed by atoms with E-state index in [-0.39, 0.29) is 33.4 Å². The molecular formula is C24H17ClF3N3O2. The van der Waals surface area contributed by atoms with Crippen molar-refractivity contribution in [2.45, 2.75) is 12.2 Å². The Bertz CT molecular complexity index is 1230. The molecule has 168 valence electrons. The van der Waals surface area contributed by atoms with Crippen LogP contribution in [0.3, 0.4) is 0 Å². The molecule has 3 aromatic rings. The molecule has 0 saturated heterocycles. The number of rotatable bonds is 5. The highest BCUT2D eigenvalue weighted by Crippen LogP contribution is 2.34. The molecule has 9 heteroatoms. The van der Waals surface area contributed by atoms with Crippen molar-refractivity contribution in [1.29, 1.82) is 0 Å². The van der Waals surface area contributed by atoms with Gasteiger partial charge in [-0.25, -0.2) is 5.43 Å². The number of hydrogen-bond acceptors (Lipinski definition) is 4. The highest BCUT2D eigenvalue weighted by atomic mass is 35.5. The van der Waals surface area contributed by atoms with Crippen molar-refractivity contribution in [3.05, 3.63) is 107 Å². The van der Waals surface area contributed by atoms with E-state index in [1.807, 2.05) is 0 Å². The molecule has 2 N–H and O–H groups in total. The molecule has 0 bridgehead atoms. The van der Waals surface area contributed by atoms with E-state index in [0.717, 1.165) is 11.1 Å². The maximum Gasteiger partial charge on any atom is 0.409 e. The van der Waals surface area contributed by atoms with E-state index >= 15 is 0 Å². The molecule has 0 radical (unpaired) electrons. The van der Waals surface area contributed by atoms with Gasteiger partial charge in [0, 0.05) is 11.1 Å². The second-order valence-corrected chi connectivity index (χ2v) is 7.59. The number of nitrogens with zero attached hydrogens (tertiary/aromatic N) is 1. The number of benzene rings is 3. The number of carbonyl (C=O) groups excluding carboxylic acids is 2.